The van der Waals surface area contributed by atoms with E-state index in [9.17, 15) is 9.59 Å². The fourth-order valence-corrected chi connectivity index (χ4v) is 1.80. The first-order chi connectivity index (χ1) is 10.6. The third-order valence-corrected chi connectivity index (χ3v) is 2.78. The molecule has 1 heterocycles. The van der Waals surface area contributed by atoms with Crippen molar-refractivity contribution in [3.63, 3.8) is 0 Å². The molecule has 0 bridgehead atoms. The number of carbonyl (C=O) groups is 2. The molecule has 2 rings (SSSR count). The second-order valence-corrected chi connectivity index (χ2v) is 5.02. The summed E-state index contributed by atoms with van der Waals surface area (Å²) in [6.45, 7) is 3.70. The number of hydrogen-bond acceptors (Lipinski definition) is 3. The van der Waals surface area contributed by atoms with Crippen molar-refractivity contribution in [2.45, 2.75) is 19.9 Å². The summed E-state index contributed by atoms with van der Waals surface area (Å²) < 4.78 is 5.20. The minimum atomic E-state index is -0.365. The van der Waals surface area contributed by atoms with Crippen LogP contribution in [-0.4, -0.2) is 17.9 Å². The van der Waals surface area contributed by atoms with Crippen molar-refractivity contribution in [1.29, 1.82) is 0 Å². The molecule has 0 aliphatic carbocycles. The standard InChI is InChI=1S/C17H18N2O3/c1-12(2)18-17(21)15(11-14-9-6-10-22-14)19-16(20)13-7-4-3-5-8-13/h3-12H,1-2H3,(H,18,21)(H,19,20)/b15-11+. The van der Waals surface area contributed by atoms with Crippen molar-refractivity contribution in [3.8, 4) is 0 Å². The summed E-state index contributed by atoms with van der Waals surface area (Å²) in [7, 11) is 0. The monoisotopic (exact) mass is 298 g/mol. The molecule has 22 heavy (non-hydrogen) atoms. The second kappa shape index (κ2) is 7.26. The van der Waals surface area contributed by atoms with Gasteiger partial charge in [-0.25, -0.2) is 0 Å². The molecule has 5 heteroatoms. The van der Waals surface area contributed by atoms with Gasteiger partial charge in [-0.05, 0) is 38.1 Å². The normalized spacial score (nSPS) is 11.3. The van der Waals surface area contributed by atoms with Gasteiger partial charge in [0, 0.05) is 17.7 Å². The molecule has 0 unspecified atom stereocenters. The van der Waals surface area contributed by atoms with Crippen LogP contribution in [0.2, 0.25) is 0 Å². The van der Waals surface area contributed by atoms with Crippen LogP contribution in [-0.2, 0) is 4.79 Å². The Bertz CT molecular complexity index is 658. The Morgan fingerprint density at radius 2 is 1.82 bits per heavy atom. The van der Waals surface area contributed by atoms with Crippen molar-refractivity contribution >= 4 is 17.9 Å². The maximum Gasteiger partial charge on any atom is 0.268 e. The number of nitrogens with one attached hydrogen (secondary N) is 2. The van der Waals surface area contributed by atoms with Crippen LogP contribution in [0.15, 0.2) is 58.8 Å². The van der Waals surface area contributed by atoms with Crippen molar-refractivity contribution in [2.24, 2.45) is 0 Å². The van der Waals surface area contributed by atoms with Gasteiger partial charge in [-0.2, -0.15) is 0 Å². The van der Waals surface area contributed by atoms with Gasteiger partial charge in [0.2, 0.25) is 0 Å². The largest absolute Gasteiger partial charge is 0.465 e. The zero-order chi connectivity index (χ0) is 15.9. The average molecular weight is 298 g/mol. The Hall–Kier alpha value is -2.82. The summed E-state index contributed by atoms with van der Waals surface area (Å²) in [6, 6.07) is 12.1. The summed E-state index contributed by atoms with van der Waals surface area (Å²) in [5.74, 6) is -0.227. The van der Waals surface area contributed by atoms with E-state index in [2.05, 4.69) is 10.6 Å². The predicted molar refractivity (Wildman–Crippen MR) is 83.9 cm³/mol. The molecule has 2 amide bonds. The lowest BCUT2D eigenvalue weighted by Crippen LogP contribution is -2.38. The summed E-state index contributed by atoms with van der Waals surface area (Å²) >= 11 is 0. The molecule has 2 aromatic rings. The van der Waals surface area contributed by atoms with Crippen LogP contribution in [0.1, 0.15) is 30.0 Å². The molecular formula is C17H18N2O3. The minimum absolute atomic E-state index is 0.0406. The Morgan fingerprint density at radius 1 is 1.09 bits per heavy atom. The number of benzene rings is 1. The Balaban J connectivity index is 2.21. The predicted octanol–water partition coefficient (Wildman–Crippen LogP) is 2.58. The van der Waals surface area contributed by atoms with E-state index in [-0.39, 0.29) is 23.6 Å². The molecule has 2 N–H and O–H groups in total. The topological polar surface area (TPSA) is 71.3 Å². The van der Waals surface area contributed by atoms with Gasteiger partial charge >= 0.3 is 0 Å². The van der Waals surface area contributed by atoms with Crippen LogP contribution >= 0.6 is 0 Å². The number of rotatable bonds is 5. The zero-order valence-electron chi connectivity index (χ0n) is 12.5. The highest BCUT2D eigenvalue weighted by Crippen LogP contribution is 2.08. The Morgan fingerprint density at radius 3 is 2.41 bits per heavy atom. The third kappa shape index (κ3) is 4.34. The quantitative estimate of drug-likeness (QED) is 0.833. The van der Waals surface area contributed by atoms with Crippen LogP contribution in [0, 0.1) is 0 Å². The molecule has 0 aliphatic heterocycles. The van der Waals surface area contributed by atoms with E-state index in [4.69, 9.17) is 4.42 Å². The van der Waals surface area contributed by atoms with E-state index in [1.165, 1.54) is 12.3 Å². The van der Waals surface area contributed by atoms with Gasteiger partial charge in [0.1, 0.15) is 11.5 Å². The van der Waals surface area contributed by atoms with Crippen molar-refractivity contribution in [2.75, 3.05) is 0 Å². The van der Waals surface area contributed by atoms with Crippen LogP contribution in [0.25, 0.3) is 6.08 Å². The minimum Gasteiger partial charge on any atom is -0.465 e. The lowest BCUT2D eigenvalue weighted by Gasteiger charge is -2.12. The number of carbonyl (C=O) groups excluding carboxylic acids is 2. The highest BCUT2D eigenvalue weighted by atomic mass is 16.3. The summed E-state index contributed by atoms with van der Waals surface area (Å²) in [6.07, 6.45) is 3.00. The molecule has 0 fully saturated rings. The van der Waals surface area contributed by atoms with Crippen molar-refractivity contribution in [3.05, 3.63) is 65.7 Å². The van der Waals surface area contributed by atoms with E-state index in [1.54, 1.807) is 36.4 Å². The number of furan rings is 1. The lowest BCUT2D eigenvalue weighted by atomic mass is 10.2. The van der Waals surface area contributed by atoms with E-state index < -0.39 is 0 Å². The van der Waals surface area contributed by atoms with Crippen LogP contribution in [0.3, 0.4) is 0 Å². The van der Waals surface area contributed by atoms with Crippen molar-refractivity contribution < 1.29 is 14.0 Å². The lowest BCUT2D eigenvalue weighted by molar-refractivity contribution is -0.118. The van der Waals surface area contributed by atoms with Crippen LogP contribution in [0.4, 0.5) is 0 Å². The van der Waals surface area contributed by atoms with Gasteiger partial charge in [-0.3, -0.25) is 9.59 Å². The van der Waals surface area contributed by atoms with Gasteiger partial charge < -0.3 is 15.1 Å². The van der Waals surface area contributed by atoms with Gasteiger partial charge in [0.25, 0.3) is 11.8 Å². The molecule has 0 saturated carbocycles. The molecule has 0 aliphatic rings. The van der Waals surface area contributed by atoms with Crippen molar-refractivity contribution in [1.82, 2.24) is 10.6 Å². The fourth-order valence-electron chi connectivity index (χ4n) is 1.80. The van der Waals surface area contributed by atoms with Gasteiger partial charge in [0.15, 0.2) is 0 Å². The first kappa shape index (κ1) is 15.6. The maximum absolute atomic E-state index is 12.2. The molecule has 0 spiro atoms. The van der Waals surface area contributed by atoms with E-state index in [1.807, 2.05) is 19.9 Å². The van der Waals surface area contributed by atoms with Gasteiger partial charge in [0.05, 0.1) is 6.26 Å². The molecule has 5 nitrogen and oxygen atoms in total. The number of amides is 2. The third-order valence-electron chi connectivity index (χ3n) is 2.78. The van der Waals surface area contributed by atoms with E-state index in [0.717, 1.165) is 0 Å². The molecule has 1 aromatic carbocycles. The van der Waals surface area contributed by atoms with E-state index >= 15 is 0 Å². The molecule has 0 atom stereocenters. The van der Waals surface area contributed by atoms with Crippen LogP contribution in [0.5, 0.6) is 0 Å². The van der Waals surface area contributed by atoms with E-state index in [0.29, 0.717) is 11.3 Å². The average Bonchev–Trinajstić information content (AvgIpc) is 2.99. The highest BCUT2D eigenvalue weighted by molar-refractivity contribution is 6.05. The highest BCUT2D eigenvalue weighted by Gasteiger charge is 2.15. The summed E-state index contributed by atoms with van der Waals surface area (Å²) in [5.41, 5.74) is 0.614. The Kier molecular flexibility index (Phi) is 5.14. The Labute approximate surface area is 129 Å². The molecule has 1 aromatic heterocycles. The second-order valence-electron chi connectivity index (χ2n) is 5.02. The van der Waals surface area contributed by atoms with Crippen LogP contribution < -0.4 is 10.6 Å². The maximum atomic E-state index is 12.2. The molecule has 0 saturated heterocycles. The van der Waals surface area contributed by atoms with Gasteiger partial charge in [-0.1, -0.05) is 18.2 Å². The summed E-state index contributed by atoms with van der Waals surface area (Å²) in [5, 5.41) is 5.38. The zero-order valence-corrected chi connectivity index (χ0v) is 12.5. The fraction of sp³-hybridized carbons (Fsp3) is 0.176. The first-order valence-electron chi connectivity index (χ1n) is 6.98. The van der Waals surface area contributed by atoms with Gasteiger partial charge in [-0.15, -0.1) is 0 Å². The SMILES string of the molecule is CC(C)NC(=O)/C(=C\c1ccco1)NC(=O)c1ccccc1. The molecule has 114 valence electrons. The number of hydrogen-bond donors (Lipinski definition) is 2. The molecule has 0 radical (unpaired) electrons. The molecular weight excluding hydrogens is 280 g/mol. The first-order valence-corrected chi connectivity index (χ1v) is 6.98. The summed E-state index contributed by atoms with van der Waals surface area (Å²) in [4.78, 5) is 24.4. The smallest absolute Gasteiger partial charge is 0.268 e.